The van der Waals surface area contributed by atoms with Crippen molar-refractivity contribution < 1.29 is 17.9 Å². The molecule has 0 unspecified atom stereocenters. The summed E-state index contributed by atoms with van der Waals surface area (Å²) >= 11 is 1.37. The molecule has 7 heteroatoms. The van der Waals surface area contributed by atoms with E-state index in [-0.39, 0.29) is 5.97 Å². The molecular weight excluding hydrogens is 322 g/mol. The van der Waals surface area contributed by atoms with E-state index in [1.54, 1.807) is 6.07 Å². The van der Waals surface area contributed by atoms with E-state index in [4.69, 9.17) is 4.74 Å². The number of hydrogen-bond acceptors (Lipinski definition) is 5. The zero-order chi connectivity index (χ0) is 16.0. The van der Waals surface area contributed by atoms with E-state index in [1.165, 1.54) is 30.6 Å². The molecule has 124 valence electrons. The number of ether oxygens (including phenoxy) is 1. The second kappa shape index (κ2) is 8.08. The molecule has 0 bridgehead atoms. The number of sulfonamides is 1. The van der Waals surface area contributed by atoms with Gasteiger partial charge in [-0.2, -0.15) is 0 Å². The molecule has 0 radical (unpaired) electrons. The molecule has 0 aromatic carbocycles. The largest absolute Gasteiger partial charge is 0.461 e. The summed E-state index contributed by atoms with van der Waals surface area (Å²) < 4.78 is 29.8. The quantitative estimate of drug-likeness (QED) is 0.771. The second-order valence-electron chi connectivity index (χ2n) is 5.78. The highest BCUT2D eigenvalue weighted by Crippen LogP contribution is 2.24. The molecule has 1 aliphatic carbocycles. The predicted molar refractivity (Wildman–Crippen MR) is 87.7 cm³/mol. The van der Waals surface area contributed by atoms with Gasteiger partial charge in [0.2, 0.25) is 10.0 Å². The van der Waals surface area contributed by atoms with Crippen LogP contribution in [0.4, 0.5) is 0 Å². The van der Waals surface area contributed by atoms with Gasteiger partial charge >= 0.3 is 5.97 Å². The maximum Gasteiger partial charge on any atom is 0.348 e. The van der Waals surface area contributed by atoms with Crippen molar-refractivity contribution in [3.63, 3.8) is 0 Å². The third-order valence-corrected chi connectivity index (χ3v) is 5.63. The molecular formula is C15H23NO4S2. The van der Waals surface area contributed by atoms with Crippen LogP contribution in [-0.2, 0) is 21.2 Å². The lowest BCUT2D eigenvalue weighted by Gasteiger charge is -2.20. The van der Waals surface area contributed by atoms with Crippen molar-refractivity contribution in [1.82, 2.24) is 4.72 Å². The molecule has 1 saturated carbocycles. The summed E-state index contributed by atoms with van der Waals surface area (Å²) in [6, 6.07) is 3.61. The van der Waals surface area contributed by atoms with Crippen LogP contribution in [0.15, 0.2) is 12.1 Å². The Morgan fingerprint density at radius 2 is 2.05 bits per heavy atom. The minimum Gasteiger partial charge on any atom is -0.461 e. The van der Waals surface area contributed by atoms with Crippen LogP contribution in [0, 0.1) is 5.92 Å². The molecule has 1 heterocycles. The number of rotatable bonds is 7. The van der Waals surface area contributed by atoms with Gasteiger partial charge in [-0.15, -0.1) is 11.3 Å². The maximum atomic E-state index is 12.0. The van der Waals surface area contributed by atoms with Crippen molar-refractivity contribution in [3.05, 3.63) is 21.9 Å². The van der Waals surface area contributed by atoms with Crippen LogP contribution < -0.4 is 4.72 Å². The van der Waals surface area contributed by atoms with Crippen LogP contribution >= 0.6 is 11.3 Å². The molecule has 1 N–H and O–H groups in total. The van der Waals surface area contributed by atoms with E-state index in [0.29, 0.717) is 30.4 Å². The van der Waals surface area contributed by atoms with Gasteiger partial charge in [0.15, 0.2) is 0 Å². The zero-order valence-electron chi connectivity index (χ0n) is 12.8. The highest BCUT2D eigenvalue weighted by molar-refractivity contribution is 7.88. The van der Waals surface area contributed by atoms with Gasteiger partial charge in [-0.1, -0.05) is 19.3 Å². The Hall–Kier alpha value is -0.920. The average Bonchev–Trinajstić information content (AvgIpc) is 2.93. The fourth-order valence-corrected chi connectivity index (χ4v) is 3.97. The third kappa shape index (κ3) is 6.06. The summed E-state index contributed by atoms with van der Waals surface area (Å²) in [7, 11) is -3.16. The second-order valence-corrected chi connectivity index (χ2v) is 8.79. The van der Waals surface area contributed by atoms with Gasteiger partial charge in [0, 0.05) is 11.4 Å². The van der Waals surface area contributed by atoms with Crippen LogP contribution in [0.2, 0.25) is 0 Å². The van der Waals surface area contributed by atoms with Crippen LogP contribution in [0.25, 0.3) is 0 Å². The molecule has 22 heavy (non-hydrogen) atoms. The number of hydrogen-bond donors (Lipinski definition) is 1. The Labute approximate surface area is 136 Å². The van der Waals surface area contributed by atoms with Crippen molar-refractivity contribution in [1.29, 1.82) is 0 Å². The number of carbonyl (C=O) groups excluding carboxylic acids is 1. The van der Waals surface area contributed by atoms with E-state index in [2.05, 4.69) is 4.72 Å². The van der Waals surface area contributed by atoms with Crippen molar-refractivity contribution in [2.24, 2.45) is 5.92 Å². The SMILES string of the molecule is CS(=O)(=O)NCCc1ccc(C(=O)OCC2CCCCC2)s1. The smallest absolute Gasteiger partial charge is 0.348 e. The van der Waals surface area contributed by atoms with E-state index >= 15 is 0 Å². The summed E-state index contributed by atoms with van der Waals surface area (Å²) in [5, 5.41) is 0. The van der Waals surface area contributed by atoms with Gasteiger partial charge in [-0.3, -0.25) is 0 Å². The molecule has 0 atom stereocenters. The minimum atomic E-state index is -3.16. The van der Waals surface area contributed by atoms with Crippen LogP contribution in [0.5, 0.6) is 0 Å². The lowest BCUT2D eigenvalue weighted by atomic mass is 9.90. The molecule has 0 saturated heterocycles. The van der Waals surface area contributed by atoms with Crippen molar-refractivity contribution in [3.8, 4) is 0 Å². The zero-order valence-corrected chi connectivity index (χ0v) is 14.5. The lowest BCUT2D eigenvalue weighted by molar-refractivity contribution is 0.0416. The fraction of sp³-hybridized carbons (Fsp3) is 0.667. The van der Waals surface area contributed by atoms with E-state index < -0.39 is 10.0 Å². The summed E-state index contributed by atoms with van der Waals surface area (Å²) in [6.45, 7) is 0.859. The standard InChI is InChI=1S/C15H23NO4S2/c1-22(18,19)16-10-9-13-7-8-14(21-13)15(17)20-11-12-5-3-2-4-6-12/h7-8,12,16H,2-6,9-11H2,1H3. The summed E-state index contributed by atoms with van der Waals surface area (Å²) in [6.07, 6.45) is 7.78. The molecule has 1 fully saturated rings. The Balaban J connectivity index is 1.76. The van der Waals surface area contributed by atoms with Gasteiger partial charge in [-0.25, -0.2) is 17.9 Å². The first-order valence-electron chi connectivity index (χ1n) is 7.64. The first-order valence-corrected chi connectivity index (χ1v) is 10.4. The van der Waals surface area contributed by atoms with Gasteiger partial charge in [0.25, 0.3) is 0 Å². The van der Waals surface area contributed by atoms with Gasteiger partial charge in [-0.05, 0) is 37.3 Å². The third-order valence-electron chi connectivity index (χ3n) is 3.77. The Kier molecular flexibility index (Phi) is 6.40. The van der Waals surface area contributed by atoms with Crippen molar-refractivity contribution in [2.45, 2.75) is 38.5 Å². The Morgan fingerprint density at radius 3 is 2.73 bits per heavy atom. The fourth-order valence-electron chi connectivity index (χ4n) is 2.60. The van der Waals surface area contributed by atoms with E-state index in [9.17, 15) is 13.2 Å². The molecule has 0 amide bonds. The maximum absolute atomic E-state index is 12.0. The van der Waals surface area contributed by atoms with E-state index in [1.807, 2.05) is 6.07 Å². The molecule has 2 rings (SSSR count). The predicted octanol–water partition coefficient (Wildman–Crippen LogP) is 2.58. The molecule has 5 nitrogen and oxygen atoms in total. The van der Waals surface area contributed by atoms with Gasteiger partial charge in [0.05, 0.1) is 12.9 Å². The van der Waals surface area contributed by atoms with Gasteiger partial charge in [0.1, 0.15) is 4.88 Å². The highest BCUT2D eigenvalue weighted by atomic mass is 32.2. The van der Waals surface area contributed by atoms with Gasteiger partial charge < -0.3 is 4.74 Å². The van der Waals surface area contributed by atoms with Crippen LogP contribution in [0.3, 0.4) is 0 Å². The topological polar surface area (TPSA) is 72.5 Å². The summed E-state index contributed by atoms with van der Waals surface area (Å²) in [5.74, 6) is 0.244. The Bertz CT molecular complexity index is 588. The number of nitrogens with one attached hydrogen (secondary N) is 1. The van der Waals surface area contributed by atoms with E-state index in [0.717, 1.165) is 24.0 Å². The molecule has 1 aromatic rings. The van der Waals surface area contributed by atoms with Crippen LogP contribution in [0.1, 0.15) is 46.7 Å². The van der Waals surface area contributed by atoms with Crippen LogP contribution in [-0.4, -0.2) is 33.8 Å². The highest BCUT2D eigenvalue weighted by Gasteiger charge is 2.17. The lowest BCUT2D eigenvalue weighted by Crippen LogP contribution is -2.24. The molecule has 0 aliphatic heterocycles. The summed E-state index contributed by atoms with van der Waals surface area (Å²) in [5.41, 5.74) is 0. The number of thiophene rings is 1. The number of esters is 1. The average molecular weight is 345 g/mol. The normalized spacial score (nSPS) is 16.6. The Morgan fingerprint density at radius 1 is 1.32 bits per heavy atom. The molecule has 0 spiro atoms. The first kappa shape index (κ1) is 17.4. The monoisotopic (exact) mass is 345 g/mol. The number of carbonyl (C=O) groups is 1. The molecule has 1 aromatic heterocycles. The summed E-state index contributed by atoms with van der Waals surface area (Å²) in [4.78, 5) is 13.6. The molecule has 1 aliphatic rings. The first-order chi connectivity index (χ1) is 10.4. The van der Waals surface area contributed by atoms with Crippen molar-refractivity contribution in [2.75, 3.05) is 19.4 Å². The minimum absolute atomic E-state index is 0.266. The van der Waals surface area contributed by atoms with Crippen molar-refractivity contribution >= 4 is 27.3 Å².